The molecule has 0 spiro atoms. The third-order valence-corrected chi connectivity index (χ3v) is 6.63. The lowest BCUT2D eigenvalue weighted by Crippen LogP contribution is -2.43. The van der Waals surface area contributed by atoms with E-state index in [9.17, 15) is 14.0 Å². The molecule has 6 nitrogen and oxygen atoms in total. The van der Waals surface area contributed by atoms with Crippen molar-refractivity contribution in [1.82, 2.24) is 4.90 Å². The minimum Gasteiger partial charge on any atom is -0.497 e. The number of hydrogen-bond acceptors (Lipinski definition) is 4. The Hall–Kier alpha value is -3.71. The molecule has 0 bridgehead atoms. The molecule has 4 rings (SSSR count). The first-order chi connectivity index (χ1) is 17.4. The van der Waals surface area contributed by atoms with Gasteiger partial charge in [0.25, 0.3) is 5.91 Å². The van der Waals surface area contributed by atoms with Crippen LogP contribution >= 0.6 is 0 Å². The number of benzene rings is 3. The van der Waals surface area contributed by atoms with Crippen molar-refractivity contribution in [3.8, 4) is 5.75 Å². The molecule has 1 aliphatic carbocycles. The zero-order valence-corrected chi connectivity index (χ0v) is 20.5. The van der Waals surface area contributed by atoms with Crippen LogP contribution in [-0.4, -0.2) is 35.9 Å². The van der Waals surface area contributed by atoms with Gasteiger partial charge in [-0.3, -0.25) is 9.59 Å². The maximum atomic E-state index is 13.8. The zero-order chi connectivity index (χ0) is 25.5. The lowest BCUT2D eigenvalue weighted by molar-refractivity contribution is -0.115. The van der Waals surface area contributed by atoms with E-state index in [1.165, 1.54) is 12.1 Å². The summed E-state index contributed by atoms with van der Waals surface area (Å²) in [4.78, 5) is 27.7. The van der Waals surface area contributed by atoms with E-state index in [0.717, 1.165) is 42.6 Å². The van der Waals surface area contributed by atoms with Crippen molar-refractivity contribution in [2.75, 3.05) is 12.4 Å². The molecule has 0 atom stereocenters. The molecule has 0 unspecified atom stereocenters. The summed E-state index contributed by atoms with van der Waals surface area (Å²) in [6.07, 6.45) is 3.61. The summed E-state index contributed by atoms with van der Waals surface area (Å²) in [5.74, 6) is 0.0122. The second-order valence-electron chi connectivity index (χ2n) is 9.28. The summed E-state index contributed by atoms with van der Waals surface area (Å²) >= 11 is 0. The van der Waals surface area contributed by atoms with Crippen LogP contribution in [0.15, 0.2) is 72.8 Å². The van der Waals surface area contributed by atoms with E-state index in [4.69, 9.17) is 10.5 Å². The lowest BCUT2D eigenvalue weighted by atomic mass is 9.90. The Kier molecular flexibility index (Phi) is 8.33. The number of carbonyl (C=O) groups excluding carboxylic acids is 2. The van der Waals surface area contributed by atoms with Crippen LogP contribution in [0.25, 0.3) is 0 Å². The number of nitrogens with two attached hydrogens (primary N) is 1. The highest BCUT2D eigenvalue weighted by Crippen LogP contribution is 2.26. The lowest BCUT2D eigenvalue weighted by Gasteiger charge is -2.36. The first-order valence-corrected chi connectivity index (χ1v) is 12.2. The molecule has 2 amide bonds. The van der Waals surface area contributed by atoms with Gasteiger partial charge in [0, 0.05) is 29.9 Å². The van der Waals surface area contributed by atoms with Crippen molar-refractivity contribution in [2.24, 2.45) is 5.73 Å². The molecular weight excluding hydrogens is 457 g/mol. The largest absolute Gasteiger partial charge is 0.497 e. The number of nitrogens with zero attached hydrogens (tertiary/aromatic N) is 1. The first-order valence-electron chi connectivity index (χ1n) is 12.2. The van der Waals surface area contributed by atoms with E-state index in [0.29, 0.717) is 17.8 Å². The average Bonchev–Trinajstić information content (AvgIpc) is 2.89. The highest BCUT2D eigenvalue weighted by atomic mass is 19.1. The number of halogens is 1. The number of ether oxygens (including phenoxy) is 1. The molecule has 0 aromatic heterocycles. The molecule has 3 aromatic rings. The van der Waals surface area contributed by atoms with Gasteiger partial charge in [-0.1, -0.05) is 30.3 Å². The van der Waals surface area contributed by atoms with Gasteiger partial charge in [-0.25, -0.2) is 4.39 Å². The average molecular weight is 490 g/mol. The summed E-state index contributed by atoms with van der Waals surface area (Å²) in [6.45, 7) is 0.398. The number of rotatable bonds is 8. The number of hydrogen-bond donors (Lipinski definition) is 2. The summed E-state index contributed by atoms with van der Waals surface area (Å²) in [5, 5.41) is 2.92. The van der Waals surface area contributed by atoms with Crippen LogP contribution in [0.2, 0.25) is 0 Å². The Labute approximate surface area is 211 Å². The van der Waals surface area contributed by atoms with Gasteiger partial charge in [0.15, 0.2) is 0 Å². The predicted octanol–water partition coefficient (Wildman–Crippen LogP) is 4.93. The highest BCUT2D eigenvalue weighted by Gasteiger charge is 2.28. The van der Waals surface area contributed by atoms with Crippen molar-refractivity contribution in [2.45, 2.75) is 50.7 Å². The Morgan fingerprint density at radius 1 is 0.972 bits per heavy atom. The summed E-state index contributed by atoms with van der Waals surface area (Å²) in [7, 11) is 1.60. The Morgan fingerprint density at radius 3 is 2.28 bits per heavy atom. The van der Waals surface area contributed by atoms with Crippen molar-refractivity contribution in [1.29, 1.82) is 0 Å². The Bertz CT molecular complexity index is 1170. The van der Waals surface area contributed by atoms with E-state index in [-0.39, 0.29) is 30.3 Å². The maximum absolute atomic E-state index is 13.8. The summed E-state index contributed by atoms with van der Waals surface area (Å²) in [6, 6.07) is 20.9. The van der Waals surface area contributed by atoms with Gasteiger partial charge in [0.2, 0.25) is 5.91 Å². The van der Waals surface area contributed by atoms with Crippen molar-refractivity contribution >= 4 is 17.5 Å². The number of methoxy groups -OCH3 is 1. The second-order valence-corrected chi connectivity index (χ2v) is 9.28. The minimum atomic E-state index is -0.429. The Balaban J connectivity index is 1.42. The van der Waals surface area contributed by atoms with Gasteiger partial charge >= 0.3 is 0 Å². The maximum Gasteiger partial charge on any atom is 0.254 e. The van der Waals surface area contributed by atoms with Crippen molar-refractivity contribution in [3.05, 3.63) is 95.3 Å². The molecule has 36 heavy (non-hydrogen) atoms. The molecule has 3 N–H and O–H groups in total. The van der Waals surface area contributed by atoms with Crippen LogP contribution < -0.4 is 15.8 Å². The SMILES string of the molecule is COc1ccc(CC(=O)Nc2ccc(CN(C(=O)c3cccc(F)c3)C3CCC(N)CC3)cc2)cc1. The van der Waals surface area contributed by atoms with Crippen LogP contribution in [0.1, 0.15) is 47.2 Å². The van der Waals surface area contributed by atoms with Gasteiger partial charge in [-0.05, 0) is 79.3 Å². The minimum absolute atomic E-state index is 0.0458. The fourth-order valence-electron chi connectivity index (χ4n) is 4.59. The molecule has 0 aliphatic heterocycles. The Morgan fingerprint density at radius 2 is 1.64 bits per heavy atom. The molecule has 3 aromatic carbocycles. The van der Waals surface area contributed by atoms with E-state index in [1.54, 1.807) is 19.2 Å². The smallest absolute Gasteiger partial charge is 0.254 e. The van der Waals surface area contributed by atoms with E-state index < -0.39 is 5.82 Å². The van der Waals surface area contributed by atoms with Crippen LogP contribution in [0.3, 0.4) is 0 Å². The monoisotopic (exact) mass is 489 g/mol. The molecule has 0 saturated heterocycles. The number of carbonyl (C=O) groups is 2. The molecule has 1 saturated carbocycles. The number of nitrogens with one attached hydrogen (secondary N) is 1. The molecule has 1 aliphatic rings. The van der Waals surface area contributed by atoms with E-state index in [1.807, 2.05) is 53.4 Å². The number of anilines is 1. The molecule has 188 valence electrons. The second kappa shape index (κ2) is 11.8. The summed E-state index contributed by atoms with van der Waals surface area (Å²) in [5.41, 5.74) is 8.93. The third kappa shape index (κ3) is 6.70. The first kappa shape index (κ1) is 25.4. The third-order valence-electron chi connectivity index (χ3n) is 6.63. The molecule has 0 heterocycles. The van der Waals surface area contributed by atoms with E-state index >= 15 is 0 Å². The molecule has 7 heteroatoms. The van der Waals surface area contributed by atoms with Crippen LogP contribution in [0.4, 0.5) is 10.1 Å². The number of amides is 2. The molecular formula is C29H32FN3O3. The van der Waals surface area contributed by atoms with E-state index in [2.05, 4.69) is 5.32 Å². The quantitative estimate of drug-likeness (QED) is 0.470. The summed E-state index contributed by atoms with van der Waals surface area (Å²) < 4.78 is 19.0. The van der Waals surface area contributed by atoms with Crippen molar-refractivity contribution in [3.63, 3.8) is 0 Å². The standard InChI is InChI=1S/C29H32FN3O3/c1-36-27-15-7-20(8-16-27)17-28(34)32-25-11-5-21(6-12-25)19-33(26-13-9-24(31)10-14-26)29(35)22-3-2-4-23(30)18-22/h2-8,11-12,15-16,18,24,26H,9-10,13-14,17,19,31H2,1H3,(H,32,34). The van der Waals surface area contributed by atoms with Crippen LogP contribution in [0, 0.1) is 5.82 Å². The van der Waals surface area contributed by atoms with Gasteiger partial charge in [0.1, 0.15) is 11.6 Å². The van der Waals surface area contributed by atoms with Gasteiger partial charge < -0.3 is 20.7 Å². The molecule has 0 radical (unpaired) electrons. The fraction of sp³-hybridized carbons (Fsp3) is 0.310. The fourth-order valence-corrected chi connectivity index (χ4v) is 4.59. The van der Waals surface area contributed by atoms with Crippen molar-refractivity contribution < 1.29 is 18.7 Å². The molecule has 1 fully saturated rings. The predicted molar refractivity (Wildman–Crippen MR) is 138 cm³/mol. The van der Waals surface area contributed by atoms with Gasteiger partial charge in [-0.15, -0.1) is 0 Å². The van der Waals surface area contributed by atoms with Gasteiger partial charge in [-0.2, -0.15) is 0 Å². The van der Waals surface area contributed by atoms with Crippen LogP contribution in [0.5, 0.6) is 5.75 Å². The topological polar surface area (TPSA) is 84.7 Å². The van der Waals surface area contributed by atoms with Crippen LogP contribution in [-0.2, 0) is 17.8 Å². The normalized spacial score (nSPS) is 17.3. The zero-order valence-electron chi connectivity index (χ0n) is 20.5. The highest BCUT2D eigenvalue weighted by molar-refractivity contribution is 5.94. The van der Waals surface area contributed by atoms with Gasteiger partial charge in [0.05, 0.1) is 13.5 Å².